The first kappa shape index (κ1) is 25.9. The molecule has 198 valence electrons. The van der Waals surface area contributed by atoms with E-state index >= 15 is 4.39 Å². The van der Waals surface area contributed by atoms with Gasteiger partial charge in [0.05, 0.1) is 36.4 Å². The Morgan fingerprint density at radius 3 is 2.58 bits per heavy atom. The van der Waals surface area contributed by atoms with Gasteiger partial charge in [0.1, 0.15) is 17.7 Å². The molecule has 1 fully saturated rings. The monoisotopic (exact) mass is 515 g/mol. The number of hydrogen-bond acceptors (Lipinski definition) is 4. The Balaban J connectivity index is 1.56. The van der Waals surface area contributed by atoms with Crippen LogP contribution in [0, 0.1) is 12.7 Å². The van der Waals surface area contributed by atoms with E-state index in [9.17, 15) is 9.90 Å². The summed E-state index contributed by atoms with van der Waals surface area (Å²) < 4.78 is 23.9. The minimum atomic E-state index is -1.32. The molecule has 1 saturated carbocycles. The predicted octanol–water partition coefficient (Wildman–Crippen LogP) is 6.23. The van der Waals surface area contributed by atoms with Gasteiger partial charge in [-0.2, -0.15) is 0 Å². The molecule has 7 heteroatoms. The summed E-state index contributed by atoms with van der Waals surface area (Å²) in [6, 6.07) is 14.2. The summed E-state index contributed by atoms with van der Waals surface area (Å²) in [4.78, 5) is 18.1. The minimum absolute atomic E-state index is 0.000469. The van der Waals surface area contributed by atoms with Crippen molar-refractivity contribution < 1.29 is 14.2 Å². The molecule has 4 aromatic rings. The van der Waals surface area contributed by atoms with Crippen molar-refractivity contribution in [2.45, 2.75) is 64.0 Å². The molecule has 0 spiro atoms. The number of imidazole rings is 1. The van der Waals surface area contributed by atoms with Gasteiger partial charge in [0, 0.05) is 12.4 Å². The highest BCUT2D eigenvalue weighted by atomic mass is 19.1. The maximum absolute atomic E-state index is 15.1. The summed E-state index contributed by atoms with van der Waals surface area (Å²) in [6.07, 6.45) is 8.51. The Hall–Kier alpha value is -3.71. The normalized spacial score (nSPS) is 15.2. The van der Waals surface area contributed by atoms with E-state index in [1.54, 1.807) is 31.6 Å². The zero-order valence-electron chi connectivity index (χ0n) is 22.1. The van der Waals surface area contributed by atoms with Gasteiger partial charge in [0.2, 0.25) is 0 Å². The van der Waals surface area contributed by atoms with E-state index in [0.717, 1.165) is 42.3 Å². The lowest BCUT2D eigenvalue weighted by Crippen LogP contribution is -2.31. The number of aliphatic hydroxyl groups is 1. The quantitative estimate of drug-likeness (QED) is 0.287. The molecular formula is C31H34FN3O3. The molecule has 1 aliphatic carbocycles. The fourth-order valence-corrected chi connectivity index (χ4v) is 5.45. The summed E-state index contributed by atoms with van der Waals surface area (Å²) in [5, 5.41) is 11.3. The van der Waals surface area contributed by atoms with Crippen molar-refractivity contribution >= 4 is 0 Å². The number of nitrogens with zero attached hydrogens (tertiary/aromatic N) is 3. The summed E-state index contributed by atoms with van der Waals surface area (Å²) in [5.41, 5.74) is 3.96. The molecule has 1 aliphatic rings. The van der Waals surface area contributed by atoms with E-state index in [1.807, 2.05) is 29.8 Å². The van der Waals surface area contributed by atoms with Crippen molar-refractivity contribution in [3.05, 3.63) is 111 Å². The number of rotatable bonds is 9. The van der Waals surface area contributed by atoms with Gasteiger partial charge in [-0.3, -0.25) is 4.79 Å². The average Bonchev–Trinajstić information content (AvgIpc) is 3.33. The fraction of sp³-hybridized carbons (Fsp3) is 0.355. The van der Waals surface area contributed by atoms with Crippen LogP contribution in [0.2, 0.25) is 0 Å². The highest BCUT2D eigenvalue weighted by Gasteiger charge is 2.28. The number of hydrogen-bond donors (Lipinski definition) is 1. The first-order valence-electron chi connectivity index (χ1n) is 13.3. The van der Waals surface area contributed by atoms with Crippen LogP contribution < -0.4 is 10.3 Å². The van der Waals surface area contributed by atoms with Crippen molar-refractivity contribution in [3.63, 3.8) is 0 Å². The number of halogens is 1. The van der Waals surface area contributed by atoms with Crippen molar-refractivity contribution in [1.82, 2.24) is 14.1 Å². The second kappa shape index (κ2) is 11.0. The van der Waals surface area contributed by atoms with Gasteiger partial charge in [0.15, 0.2) is 0 Å². The third kappa shape index (κ3) is 4.90. The Bertz CT molecular complexity index is 1490. The van der Waals surface area contributed by atoms with Crippen LogP contribution in [0.5, 0.6) is 5.75 Å². The number of aliphatic hydroxyl groups excluding tert-OH is 1. The van der Waals surface area contributed by atoms with Crippen molar-refractivity contribution in [3.8, 4) is 11.4 Å². The standard InChI is InChI=1S/C31H34FN3O3/c1-4-8-27(25-12-6-5-11-24(25)21-9-7-10-21)35-18-23(32)16-26(31(35)37)30(36)22-13-14-28(29(15-22)38-3)34-17-20(2)33-19-34/h5-6,11-19,21,27,30,36H,4,7-10H2,1-3H3. The second-order valence-corrected chi connectivity index (χ2v) is 10.1. The second-order valence-electron chi connectivity index (χ2n) is 10.1. The van der Waals surface area contributed by atoms with Gasteiger partial charge >= 0.3 is 0 Å². The molecule has 0 bridgehead atoms. The molecular weight excluding hydrogens is 481 g/mol. The molecule has 2 aromatic heterocycles. The SMILES string of the molecule is CCCC(c1ccccc1C1CCC1)n1cc(F)cc(C(O)c2ccc(-n3cnc(C)c3)c(OC)c2)c1=O. The highest BCUT2D eigenvalue weighted by Crippen LogP contribution is 2.41. The van der Waals surface area contributed by atoms with Crippen molar-refractivity contribution in [1.29, 1.82) is 0 Å². The molecule has 0 amide bonds. The molecule has 2 unspecified atom stereocenters. The molecule has 1 N–H and O–H groups in total. The highest BCUT2D eigenvalue weighted by molar-refractivity contribution is 5.50. The number of ether oxygens (including phenoxy) is 1. The van der Waals surface area contributed by atoms with Gasteiger partial charge in [-0.1, -0.05) is 50.1 Å². The third-order valence-electron chi connectivity index (χ3n) is 7.64. The van der Waals surface area contributed by atoms with E-state index in [0.29, 0.717) is 23.7 Å². The van der Waals surface area contributed by atoms with Crippen LogP contribution in [0.15, 0.2) is 72.0 Å². The lowest BCUT2D eigenvalue weighted by Gasteiger charge is -2.31. The third-order valence-corrected chi connectivity index (χ3v) is 7.64. The van der Waals surface area contributed by atoms with E-state index in [1.165, 1.54) is 22.7 Å². The average molecular weight is 516 g/mol. The summed E-state index contributed by atoms with van der Waals surface area (Å²) in [7, 11) is 1.54. The van der Waals surface area contributed by atoms with Gasteiger partial charge in [0.25, 0.3) is 5.56 Å². The van der Waals surface area contributed by atoms with Crippen LogP contribution in [0.4, 0.5) is 4.39 Å². The zero-order valence-corrected chi connectivity index (χ0v) is 22.1. The number of benzene rings is 2. The van der Waals surface area contributed by atoms with E-state index in [4.69, 9.17) is 4.74 Å². The Kier molecular flexibility index (Phi) is 7.47. The number of aryl methyl sites for hydroxylation is 1. The fourth-order valence-electron chi connectivity index (χ4n) is 5.45. The van der Waals surface area contributed by atoms with Crippen LogP contribution >= 0.6 is 0 Å². The van der Waals surface area contributed by atoms with Gasteiger partial charge < -0.3 is 19.0 Å². The van der Waals surface area contributed by atoms with Crippen molar-refractivity contribution in [2.75, 3.05) is 7.11 Å². The van der Waals surface area contributed by atoms with E-state index < -0.39 is 17.5 Å². The van der Waals surface area contributed by atoms with Crippen LogP contribution in [-0.4, -0.2) is 26.3 Å². The molecule has 5 rings (SSSR count). The van der Waals surface area contributed by atoms with E-state index in [-0.39, 0.29) is 11.6 Å². The van der Waals surface area contributed by atoms with Gasteiger partial charge in [-0.25, -0.2) is 9.37 Å². The number of methoxy groups -OCH3 is 1. The van der Waals surface area contributed by atoms with Crippen molar-refractivity contribution in [2.24, 2.45) is 0 Å². The maximum atomic E-state index is 15.1. The van der Waals surface area contributed by atoms with Crippen LogP contribution in [0.1, 0.15) is 85.0 Å². The lowest BCUT2D eigenvalue weighted by molar-refractivity contribution is 0.216. The first-order chi connectivity index (χ1) is 18.4. The van der Waals surface area contributed by atoms with Crippen LogP contribution in [0.25, 0.3) is 5.69 Å². The molecule has 2 atom stereocenters. The maximum Gasteiger partial charge on any atom is 0.257 e. The Morgan fingerprint density at radius 2 is 1.92 bits per heavy atom. The van der Waals surface area contributed by atoms with Gasteiger partial charge in [-0.15, -0.1) is 0 Å². The summed E-state index contributed by atoms with van der Waals surface area (Å²) >= 11 is 0. The Morgan fingerprint density at radius 1 is 1.13 bits per heavy atom. The van der Waals surface area contributed by atoms with Gasteiger partial charge in [-0.05, 0) is 67.0 Å². The largest absolute Gasteiger partial charge is 0.495 e. The summed E-state index contributed by atoms with van der Waals surface area (Å²) in [6.45, 7) is 3.96. The number of pyridine rings is 1. The molecule has 0 radical (unpaired) electrons. The molecule has 6 nitrogen and oxygen atoms in total. The topological polar surface area (TPSA) is 69.3 Å². The Labute approximate surface area is 222 Å². The molecule has 2 heterocycles. The molecule has 0 saturated heterocycles. The molecule has 0 aliphatic heterocycles. The van der Waals surface area contributed by atoms with E-state index in [2.05, 4.69) is 24.0 Å². The summed E-state index contributed by atoms with van der Waals surface area (Å²) in [5.74, 6) is 0.428. The smallest absolute Gasteiger partial charge is 0.257 e. The molecule has 2 aromatic carbocycles. The lowest BCUT2D eigenvalue weighted by atomic mass is 9.76. The zero-order chi connectivity index (χ0) is 26.8. The number of aromatic nitrogens is 3. The predicted molar refractivity (Wildman–Crippen MR) is 146 cm³/mol. The first-order valence-corrected chi connectivity index (χ1v) is 13.3. The van der Waals surface area contributed by atoms with Crippen LogP contribution in [0.3, 0.4) is 0 Å². The minimum Gasteiger partial charge on any atom is -0.495 e. The molecule has 38 heavy (non-hydrogen) atoms. The van der Waals surface area contributed by atoms with Crippen LogP contribution in [-0.2, 0) is 0 Å².